The molecule has 0 fully saturated rings. The van der Waals surface area contributed by atoms with Crippen molar-refractivity contribution in [3.8, 4) is 5.75 Å². The second-order valence-electron chi connectivity index (χ2n) is 2.52. The Hall–Kier alpha value is -1.44. The predicted octanol–water partition coefficient (Wildman–Crippen LogP) is 1.72. The summed E-state index contributed by atoms with van der Waals surface area (Å²) in [6.07, 6.45) is 4.53. The SMILES string of the molecule is Nc1cccc2c1CC=CO2. The van der Waals surface area contributed by atoms with E-state index in [0.29, 0.717) is 0 Å². The average molecular weight is 147 g/mol. The molecule has 1 aliphatic heterocycles. The summed E-state index contributed by atoms with van der Waals surface area (Å²) in [5.74, 6) is 0.882. The fraction of sp³-hybridized carbons (Fsp3) is 0.111. The van der Waals surface area contributed by atoms with Crippen LogP contribution in [0, 0.1) is 0 Å². The molecule has 0 saturated heterocycles. The summed E-state index contributed by atoms with van der Waals surface area (Å²) >= 11 is 0. The zero-order valence-electron chi connectivity index (χ0n) is 6.08. The van der Waals surface area contributed by atoms with Gasteiger partial charge in [-0.25, -0.2) is 0 Å². The second-order valence-corrected chi connectivity index (χ2v) is 2.52. The van der Waals surface area contributed by atoms with E-state index in [1.54, 1.807) is 6.26 Å². The summed E-state index contributed by atoms with van der Waals surface area (Å²) < 4.78 is 5.24. The van der Waals surface area contributed by atoms with E-state index in [1.807, 2.05) is 24.3 Å². The van der Waals surface area contributed by atoms with Crippen molar-refractivity contribution in [2.45, 2.75) is 6.42 Å². The Bertz CT molecular complexity index is 304. The monoisotopic (exact) mass is 147 g/mol. The summed E-state index contributed by atoms with van der Waals surface area (Å²) in [6.45, 7) is 0. The normalized spacial score (nSPS) is 13.8. The number of rotatable bonds is 0. The number of fused-ring (bicyclic) bond motifs is 1. The lowest BCUT2D eigenvalue weighted by molar-refractivity contribution is 0.465. The number of benzene rings is 1. The van der Waals surface area contributed by atoms with Gasteiger partial charge in [0.15, 0.2) is 0 Å². The molecule has 56 valence electrons. The molecule has 2 N–H and O–H groups in total. The number of hydrogen-bond donors (Lipinski definition) is 1. The molecule has 2 nitrogen and oxygen atoms in total. The standard InChI is InChI=1S/C9H9NO/c10-8-4-1-5-9-7(8)3-2-6-11-9/h1-2,4-6H,3,10H2. The Morgan fingerprint density at radius 1 is 1.36 bits per heavy atom. The molecule has 0 aromatic heterocycles. The van der Waals surface area contributed by atoms with Crippen molar-refractivity contribution in [3.05, 3.63) is 36.1 Å². The van der Waals surface area contributed by atoms with Crippen LogP contribution < -0.4 is 10.5 Å². The number of ether oxygens (including phenoxy) is 1. The van der Waals surface area contributed by atoms with Gasteiger partial charge in [0.05, 0.1) is 6.26 Å². The smallest absolute Gasteiger partial charge is 0.132 e. The lowest BCUT2D eigenvalue weighted by atomic mass is 10.1. The summed E-state index contributed by atoms with van der Waals surface area (Å²) in [4.78, 5) is 0. The van der Waals surface area contributed by atoms with Gasteiger partial charge in [-0.15, -0.1) is 0 Å². The maximum absolute atomic E-state index is 5.73. The zero-order chi connectivity index (χ0) is 7.68. The fourth-order valence-electron chi connectivity index (χ4n) is 1.20. The van der Waals surface area contributed by atoms with Crippen molar-refractivity contribution in [1.29, 1.82) is 0 Å². The van der Waals surface area contributed by atoms with Gasteiger partial charge in [0.2, 0.25) is 0 Å². The number of anilines is 1. The molecule has 0 unspecified atom stereocenters. The maximum Gasteiger partial charge on any atom is 0.132 e. The van der Waals surface area contributed by atoms with Gasteiger partial charge in [0, 0.05) is 11.3 Å². The van der Waals surface area contributed by atoms with E-state index in [0.717, 1.165) is 23.4 Å². The average Bonchev–Trinajstić information content (AvgIpc) is 2.06. The van der Waals surface area contributed by atoms with Crippen LogP contribution in [0.5, 0.6) is 5.75 Å². The number of allylic oxidation sites excluding steroid dienone is 1. The third-order valence-electron chi connectivity index (χ3n) is 1.78. The first-order valence-corrected chi connectivity index (χ1v) is 3.57. The molecule has 1 aromatic rings. The Balaban J connectivity index is 2.54. The minimum atomic E-state index is 0.812. The Kier molecular flexibility index (Phi) is 1.32. The first kappa shape index (κ1) is 6.28. The van der Waals surface area contributed by atoms with Crippen molar-refractivity contribution < 1.29 is 4.74 Å². The Labute approximate surface area is 65.3 Å². The van der Waals surface area contributed by atoms with Gasteiger partial charge in [-0.1, -0.05) is 6.07 Å². The summed E-state index contributed by atoms with van der Waals surface area (Å²) in [5.41, 5.74) is 7.63. The molecular weight excluding hydrogens is 138 g/mol. The third-order valence-corrected chi connectivity index (χ3v) is 1.78. The van der Waals surface area contributed by atoms with E-state index in [2.05, 4.69) is 0 Å². The molecule has 11 heavy (non-hydrogen) atoms. The predicted molar refractivity (Wildman–Crippen MR) is 44.3 cm³/mol. The quantitative estimate of drug-likeness (QED) is 0.567. The van der Waals surface area contributed by atoms with Crippen molar-refractivity contribution in [1.82, 2.24) is 0 Å². The van der Waals surface area contributed by atoms with Crippen LogP contribution in [0.25, 0.3) is 0 Å². The van der Waals surface area contributed by atoms with Gasteiger partial charge in [-0.3, -0.25) is 0 Å². The highest BCUT2D eigenvalue weighted by Gasteiger charge is 2.07. The summed E-state index contributed by atoms with van der Waals surface area (Å²) in [6, 6.07) is 5.71. The van der Waals surface area contributed by atoms with Gasteiger partial charge in [0.25, 0.3) is 0 Å². The highest BCUT2D eigenvalue weighted by Crippen LogP contribution is 2.27. The van der Waals surface area contributed by atoms with Gasteiger partial charge >= 0.3 is 0 Å². The molecule has 0 atom stereocenters. The molecule has 1 aromatic carbocycles. The molecule has 0 spiro atoms. The van der Waals surface area contributed by atoms with Gasteiger partial charge in [-0.05, 0) is 24.6 Å². The van der Waals surface area contributed by atoms with Crippen LogP contribution in [-0.2, 0) is 6.42 Å². The Morgan fingerprint density at radius 3 is 3.09 bits per heavy atom. The largest absolute Gasteiger partial charge is 0.465 e. The van der Waals surface area contributed by atoms with Crippen molar-refractivity contribution in [3.63, 3.8) is 0 Å². The zero-order valence-corrected chi connectivity index (χ0v) is 6.08. The third kappa shape index (κ3) is 0.963. The molecule has 1 heterocycles. The number of hydrogen-bond acceptors (Lipinski definition) is 2. The molecule has 2 rings (SSSR count). The molecule has 0 radical (unpaired) electrons. The van der Waals surface area contributed by atoms with Crippen LogP contribution in [0.3, 0.4) is 0 Å². The second kappa shape index (κ2) is 2.31. The van der Waals surface area contributed by atoms with Crippen molar-refractivity contribution in [2.75, 3.05) is 5.73 Å². The number of nitrogens with two attached hydrogens (primary N) is 1. The van der Waals surface area contributed by atoms with Crippen LogP contribution >= 0.6 is 0 Å². The number of nitrogen functional groups attached to an aromatic ring is 1. The van der Waals surface area contributed by atoms with Crippen LogP contribution in [0.2, 0.25) is 0 Å². The Morgan fingerprint density at radius 2 is 2.27 bits per heavy atom. The minimum Gasteiger partial charge on any atom is -0.465 e. The van der Waals surface area contributed by atoms with Crippen LogP contribution in [0.1, 0.15) is 5.56 Å². The van der Waals surface area contributed by atoms with Gasteiger partial charge in [0.1, 0.15) is 5.75 Å². The van der Waals surface area contributed by atoms with Crippen molar-refractivity contribution >= 4 is 5.69 Å². The van der Waals surface area contributed by atoms with Gasteiger partial charge < -0.3 is 10.5 Å². The molecule has 0 amide bonds. The maximum atomic E-state index is 5.73. The van der Waals surface area contributed by atoms with Crippen LogP contribution in [-0.4, -0.2) is 0 Å². The highest BCUT2D eigenvalue weighted by atomic mass is 16.5. The van der Waals surface area contributed by atoms with Gasteiger partial charge in [-0.2, -0.15) is 0 Å². The first-order chi connectivity index (χ1) is 5.38. The molecule has 0 saturated carbocycles. The first-order valence-electron chi connectivity index (χ1n) is 3.57. The van der Waals surface area contributed by atoms with E-state index in [9.17, 15) is 0 Å². The minimum absolute atomic E-state index is 0.812. The van der Waals surface area contributed by atoms with Crippen LogP contribution in [0.15, 0.2) is 30.5 Å². The lowest BCUT2D eigenvalue weighted by Gasteiger charge is -2.12. The van der Waals surface area contributed by atoms with Crippen LogP contribution in [0.4, 0.5) is 5.69 Å². The van der Waals surface area contributed by atoms with E-state index in [-0.39, 0.29) is 0 Å². The molecule has 2 heteroatoms. The van der Waals surface area contributed by atoms with E-state index in [4.69, 9.17) is 10.5 Å². The van der Waals surface area contributed by atoms with Crippen molar-refractivity contribution in [2.24, 2.45) is 0 Å². The fourth-order valence-corrected chi connectivity index (χ4v) is 1.20. The topological polar surface area (TPSA) is 35.2 Å². The lowest BCUT2D eigenvalue weighted by Crippen LogP contribution is -2.00. The van der Waals surface area contributed by atoms with E-state index in [1.165, 1.54) is 0 Å². The summed E-state index contributed by atoms with van der Waals surface area (Å²) in [5, 5.41) is 0. The molecule has 0 bridgehead atoms. The molecule has 1 aliphatic rings. The molecule has 0 aliphatic carbocycles. The van der Waals surface area contributed by atoms with E-state index >= 15 is 0 Å². The highest BCUT2D eigenvalue weighted by molar-refractivity contribution is 5.56. The summed E-state index contributed by atoms with van der Waals surface area (Å²) in [7, 11) is 0. The molecular formula is C9H9NO. The van der Waals surface area contributed by atoms with E-state index < -0.39 is 0 Å².